The van der Waals surface area contributed by atoms with Gasteiger partial charge in [0.15, 0.2) is 0 Å². The van der Waals surface area contributed by atoms with Gasteiger partial charge in [-0.05, 0) is 69.9 Å². The monoisotopic (exact) mass is 353 g/mol. The average molecular weight is 353 g/mol. The number of pyridine rings is 1. The van der Waals surface area contributed by atoms with E-state index in [2.05, 4.69) is 15.6 Å². The van der Waals surface area contributed by atoms with Crippen LogP contribution in [0.3, 0.4) is 0 Å². The molecule has 0 bridgehead atoms. The van der Waals surface area contributed by atoms with Crippen LogP contribution in [0.1, 0.15) is 33.3 Å². The lowest BCUT2D eigenvalue weighted by Gasteiger charge is -2.32. The van der Waals surface area contributed by atoms with Crippen molar-refractivity contribution in [1.82, 2.24) is 4.98 Å². The third kappa shape index (κ3) is 3.89. The molecule has 2 aromatic rings. The number of amides is 2. The highest BCUT2D eigenvalue weighted by atomic mass is 16.7. The first kappa shape index (κ1) is 18.4. The first-order chi connectivity index (χ1) is 12.2. The van der Waals surface area contributed by atoms with Gasteiger partial charge in [-0.25, -0.2) is 9.78 Å². The van der Waals surface area contributed by atoms with Gasteiger partial charge in [-0.2, -0.15) is 0 Å². The number of rotatable bonds is 3. The summed E-state index contributed by atoms with van der Waals surface area (Å²) in [7, 11) is -0.417. The number of carbonyl (C=O) groups is 1. The highest BCUT2D eigenvalue weighted by Gasteiger charge is 2.51. The van der Waals surface area contributed by atoms with E-state index in [1.165, 1.54) is 0 Å². The third-order valence-corrected chi connectivity index (χ3v) is 4.85. The molecule has 1 aromatic carbocycles. The molecular weight excluding hydrogens is 329 g/mol. The first-order valence-corrected chi connectivity index (χ1v) is 8.62. The predicted molar refractivity (Wildman–Crippen MR) is 104 cm³/mol. The summed E-state index contributed by atoms with van der Waals surface area (Å²) in [4.78, 5) is 16.2. The quantitative estimate of drug-likeness (QED) is 0.831. The second kappa shape index (κ2) is 6.74. The zero-order chi connectivity index (χ0) is 18.9. The maximum atomic E-state index is 12.1. The summed E-state index contributed by atoms with van der Waals surface area (Å²) in [6.45, 7) is 10.0. The van der Waals surface area contributed by atoms with Crippen LogP contribution in [0.4, 0.5) is 16.3 Å². The molecule has 1 saturated heterocycles. The van der Waals surface area contributed by atoms with Crippen molar-refractivity contribution >= 4 is 30.1 Å². The smallest absolute Gasteiger partial charge is 0.399 e. The van der Waals surface area contributed by atoms with Gasteiger partial charge in [0.1, 0.15) is 5.82 Å². The Morgan fingerprint density at radius 2 is 1.62 bits per heavy atom. The van der Waals surface area contributed by atoms with Gasteiger partial charge in [-0.15, -0.1) is 0 Å². The summed E-state index contributed by atoms with van der Waals surface area (Å²) >= 11 is 0. The molecule has 0 radical (unpaired) electrons. The number of hydrogen-bond acceptors (Lipinski definition) is 4. The number of urea groups is 1. The topological polar surface area (TPSA) is 72.5 Å². The molecule has 1 fully saturated rings. The average Bonchev–Trinajstić information content (AvgIpc) is 2.76. The molecule has 0 unspecified atom stereocenters. The number of aromatic nitrogens is 1. The molecule has 136 valence electrons. The van der Waals surface area contributed by atoms with E-state index in [9.17, 15) is 4.79 Å². The fourth-order valence-corrected chi connectivity index (χ4v) is 2.59. The SMILES string of the molecule is Cc1ccnc(NC(=O)Nc2ccc(B3OC(C)(C)C(C)(C)O3)cc2)c1. The summed E-state index contributed by atoms with van der Waals surface area (Å²) in [6, 6.07) is 10.8. The summed E-state index contributed by atoms with van der Waals surface area (Å²) in [5.41, 5.74) is 1.86. The molecule has 2 amide bonds. The van der Waals surface area contributed by atoms with Crippen molar-refractivity contribution in [1.29, 1.82) is 0 Å². The molecule has 2 N–H and O–H groups in total. The van der Waals surface area contributed by atoms with Crippen LogP contribution in [-0.4, -0.2) is 29.3 Å². The minimum absolute atomic E-state index is 0.341. The van der Waals surface area contributed by atoms with E-state index in [-0.39, 0.29) is 17.2 Å². The van der Waals surface area contributed by atoms with E-state index in [4.69, 9.17) is 9.31 Å². The summed E-state index contributed by atoms with van der Waals surface area (Å²) in [6.07, 6.45) is 1.66. The van der Waals surface area contributed by atoms with E-state index in [0.717, 1.165) is 11.0 Å². The molecule has 3 rings (SSSR count). The number of aryl methyl sites for hydroxylation is 1. The number of carbonyl (C=O) groups excluding carboxylic acids is 1. The minimum Gasteiger partial charge on any atom is -0.399 e. The zero-order valence-corrected chi connectivity index (χ0v) is 15.8. The Morgan fingerprint density at radius 3 is 2.19 bits per heavy atom. The van der Waals surface area contributed by atoms with Crippen LogP contribution in [0.5, 0.6) is 0 Å². The van der Waals surface area contributed by atoms with Gasteiger partial charge >= 0.3 is 13.1 Å². The normalized spacial score (nSPS) is 17.8. The summed E-state index contributed by atoms with van der Waals surface area (Å²) < 4.78 is 12.1. The molecule has 0 aliphatic carbocycles. The summed E-state index contributed by atoms with van der Waals surface area (Å²) in [5, 5.41) is 5.50. The number of nitrogens with one attached hydrogen (secondary N) is 2. The molecular formula is C19H24BN3O3. The van der Waals surface area contributed by atoms with Gasteiger partial charge in [0.05, 0.1) is 11.2 Å². The van der Waals surface area contributed by atoms with Crippen LogP contribution in [0.25, 0.3) is 0 Å². The Bertz CT molecular complexity index is 790. The van der Waals surface area contributed by atoms with Crippen molar-refractivity contribution in [2.45, 2.75) is 45.8 Å². The van der Waals surface area contributed by atoms with Gasteiger partial charge < -0.3 is 14.6 Å². The molecule has 26 heavy (non-hydrogen) atoms. The van der Waals surface area contributed by atoms with Crippen molar-refractivity contribution in [3.8, 4) is 0 Å². The number of hydrogen-bond donors (Lipinski definition) is 2. The fraction of sp³-hybridized carbons (Fsp3) is 0.368. The maximum Gasteiger partial charge on any atom is 0.494 e. The molecule has 7 heteroatoms. The number of nitrogens with zero attached hydrogens (tertiary/aromatic N) is 1. The fourth-order valence-electron chi connectivity index (χ4n) is 2.59. The van der Waals surface area contributed by atoms with Gasteiger partial charge in [-0.3, -0.25) is 5.32 Å². The van der Waals surface area contributed by atoms with Crippen molar-refractivity contribution in [2.24, 2.45) is 0 Å². The van der Waals surface area contributed by atoms with Crippen molar-refractivity contribution in [2.75, 3.05) is 10.6 Å². The molecule has 1 aliphatic rings. The zero-order valence-electron chi connectivity index (χ0n) is 15.8. The van der Waals surface area contributed by atoms with E-state index in [1.807, 2.05) is 65.0 Å². The molecule has 0 spiro atoms. The second-order valence-corrected chi connectivity index (χ2v) is 7.51. The summed E-state index contributed by atoms with van der Waals surface area (Å²) in [5.74, 6) is 0.510. The minimum atomic E-state index is -0.417. The third-order valence-electron chi connectivity index (χ3n) is 4.85. The number of benzene rings is 1. The van der Waals surface area contributed by atoms with E-state index in [0.29, 0.717) is 11.5 Å². The lowest BCUT2D eigenvalue weighted by atomic mass is 9.79. The molecule has 0 saturated carbocycles. The van der Waals surface area contributed by atoms with Crippen LogP contribution in [0, 0.1) is 6.92 Å². The van der Waals surface area contributed by atoms with Crippen molar-refractivity contribution < 1.29 is 14.1 Å². The van der Waals surface area contributed by atoms with Crippen molar-refractivity contribution in [3.63, 3.8) is 0 Å². The van der Waals surface area contributed by atoms with E-state index in [1.54, 1.807) is 12.3 Å². The van der Waals surface area contributed by atoms with E-state index >= 15 is 0 Å². The lowest BCUT2D eigenvalue weighted by Crippen LogP contribution is -2.41. The largest absolute Gasteiger partial charge is 0.494 e. The molecule has 2 heterocycles. The van der Waals surface area contributed by atoms with Gasteiger partial charge in [0, 0.05) is 11.9 Å². The van der Waals surface area contributed by atoms with Gasteiger partial charge in [-0.1, -0.05) is 12.1 Å². The van der Waals surface area contributed by atoms with Crippen LogP contribution >= 0.6 is 0 Å². The van der Waals surface area contributed by atoms with Crippen LogP contribution in [0.2, 0.25) is 0 Å². The Morgan fingerprint density at radius 1 is 1.00 bits per heavy atom. The molecule has 1 aliphatic heterocycles. The Labute approximate surface area is 154 Å². The number of anilines is 2. The molecule has 1 aromatic heterocycles. The van der Waals surface area contributed by atoms with Crippen LogP contribution < -0.4 is 16.1 Å². The Balaban J connectivity index is 1.62. The molecule has 6 nitrogen and oxygen atoms in total. The van der Waals surface area contributed by atoms with Crippen LogP contribution in [0.15, 0.2) is 42.6 Å². The lowest BCUT2D eigenvalue weighted by molar-refractivity contribution is 0.00578. The van der Waals surface area contributed by atoms with Crippen molar-refractivity contribution in [3.05, 3.63) is 48.2 Å². The highest BCUT2D eigenvalue weighted by molar-refractivity contribution is 6.62. The Hall–Kier alpha value is -2.38. The first-order valence-electron chi connectivity index (χ1n) is 8.62. The predicted octanol–water partition coefficient (Wildman–Crippen LogP) is 3.33. The van der Waals surface area contributed by atoms with E-state index < -0.39 is 7.12 Å². The second-order valence-electron chi connectivity index (χ2n) is 7.51. The maximum absolute atomic E-state index is 12.1. The van der Waals surface area contributed by atoms with Crippen LogP contribution in [-0.2, 0) is 9.31 Å². The molecule has 0 atom stereocenters. The standard InChI is InChI=1S/C19H24BN3O3/c1-13-10-11-21-16(12-13)23-17(24)22-15-8-6-14(7-9-15)20-25-18(2,3)19(4,5)26-20/h6-12H,1-5H3,(H2,21,22,23,24). The Kier molecular flexibility index (Phi) is 4.77. The van der Waals surface area contributed by atoms with Gasteiger partial charge in [0.2, 0.25) is 0 Å². The van der Waals surface area contributed by atoms with Gasteiger partial charge in [0.25, 0.3) is 0 Å². The highest BCUT2D eigenvalue weighted by Crippen LogP contribution is 2.36.